The number of carbonyl (C=O) groups is 2. The predicted octanol–water partition coefficient (Wildman–Crippen LogP) is 5.28. The van der Waals surface area contributed by atoms with Crippen LogP contribution >= 0.6 is 11.8 Å². The number of amides is 1. The second-order valence-electron chi connectivity index (χ2n) is 10.8. The van der Waals surface area contributed by atoms with Gasteiger partial charge in [0, 0.05) is 54.6 Å². The normalized spacial score (nSPS) is 14.5. The Morgan fingerprint density at radius 2 is 1.59 bits per heavy atom. The molecule has 218 valence electrons. The highest BCUT2D eigenvalue weighted by molar-refractivity contribution is 7.99. The van der Waals surface area contributed by atoms with Gasteiger partial charge in [-0.2, -0.15) is 12.7 Å². The second-order valence-corrected chi connectivity index (χ2v) is 13.7. The van der Waals surface area contributed by atoms with Crippen LogP contribution in [0.25, 0.3) is 0 Å². The Bertz CT molecular complexity index is 1460. The molecule has 0 radical (unpaired) electrons. The van der Waals surface area contributed by atoms with Crippen LogP contribution in [0.5, 0.6) is 0 Å². The van der Waals surface area contributed by atoms with Crippen LogP contribution in [0.15, 0.2) is 77.7 Å². The molecule has 3 aromatic carbocycles. The lowest BCUT2D eigenvalue weighted by Gasteiger charge is -2.35. The van der Waals surface area contributed by atoms with Crippen molar-refractivity contribution in [2.45, 2.75) is 37.5 Å². The van der Waals surface area contributed by atoms with Gasteiger partial charge in [-0.25, -0.2) is 4.79 Å². The zero-order chi connectivity index (χ0) is 29.6. The van der Waals surface area contributed by atoms with Crippen molar-refractivity contribution in [2.24, 2.45) is 0 Å². The molecular weight excluding hydrogens is 560 g/mol. The van der Waals surface area contributed by atoms with Crippen LogP contribution in [0.3, 0.4) is 0 Å². The first-order valence-corrected chi connectivity index (χ1v) is 15.8. The molecule has 0 aromatic heterocycles. The van der Waals surface area contributed by atoms with Crippen molar-refractivity contribution in [2.75, 3.05) is 46.9 Å². The Kier molecular flexibility index (Phi) is 9.62. The van der Waals surface area contributed by atoms with Gasteiger partial charge in [-0.3, -0.25) is 9.52 Å². The molecule has 1 aliphatic heterocycles. The van der Waals surface area contributed by atoms with Gasteiger partial charge >= 0.3 is 16.2 Å². The Morgan fingerprint density at radius 3 is 2.20 bits per heavy atom. The number of hydrogen-bond donors (Lipinski definition) is 3. The number of rotatable bonds is 10. The molecule has 1 aliphatic rings. The number of carboxylic acids is 1. The number of benzene rings is 3. The van der Waals surface area contributed by atoms with E-state index >= 15 is 0 Å². The molecule has 0 aliphatic carbocycles. The monoisotopic (exact) mass is 596 g/mol. The molecule has 0 saturated carbocycles. The van der Waals surface area contributed by atoms with Crippen LogP contribution in [0, 0.1) is 0 Å². The number of carbonyl (C=O) groups excluding carboxylic acids is 1. The van der Waals surface area contributed by atoms with E-state index in [1.54, 1.807) is 18.2 Å². The number of anilines is 3. The molecule has 0 bridgehead atoms. The van der Waals surface area contributed by atoms with Crippen LogP contribution in [0.1, 0.15) is 43.1 Å². The van der Waals surface area contributed by atoms with Crippen molar-refractivity contribution >= 4 is 50.9 Å². The van der Waals surface area contributed by atoms with E-state index in [-0.39, 0.29) is 42.1 Å². The third-order valence-electron chi connectivity index (χ3n) is 6.79. The van der Waals surface area contributed by atoms with Gasteiger partial charge < -0.3 is 15.3 Å². The van der Waals surface area contributed by atoms with E-state index in [0.717, 1.165) is 5.69 Å². The van der Waals surface area contributed by atoms with Crippen molar-refractivity contribution < 1.29 is 23.1 Å². The van der Waals surface area contributed by atoms with Gasteiger partial charge in [-0.05, 0) is 53.4 Å². The highest BCUT2D eigenvalue weighted by Crippen LogP contribution is 2.28. The van der Waals surface area contributed by atoms with Gasteiger partial charge in [0.15, 0.2) is 0 Å². The van der Waals surface area contributed by atoms with E-state index in [0.29, 0.717) is 29.4 Å². The van der Waals surface area contributed by atoms with E-state index < -0.39 is 16.2 Å². The summed E-state index contributed by atoms with van der Waals surface area (Å²) in [5, 5.41) is 12.6. The van der Waals surface area contributed by atoms with Crippen molar-refractivity contribution in [1.82, 2.24) is 4.31 Å². The molecule has 3 N–H and O–H groups in total. The van der Waals surface area contributed by atoms with Crippen LogP contribution in [0.2, 0.25) is 0 Å². The average molecular weight is 597 g/mol. The topological polar surface area (TPSA) is 119 Å². The van der Waals surface area contributed by atoms with Crippen LogP contribution in [0.4, 0.5) is 17.1 Å². The van der Waals surface area contributed by atoms with Crippen LogP contribution in [-0.4, -0.2) is 61.6 Å². The van der Waals surface area contributed by atoms with E-state index in [2.05, 4.69) is 60.0 Å². The molecule has 1 saturated heterocycles. The lowest BCUT2D eigenvalue weighted by atomic mass is 9.87. The highest BCUT2D eigenvalue weighted by Gasteiger charge is 2.28. The fourth-order valence-corrected chi connectivity index (χ4v) is 6.57. The lowest BCUT2D eigenvalue weighted by Crippen LogP contribution is -2.50. The number of hydrogen-bond acceptors (Lipinski definition) is 6. The summed E-state index contributed by atoms with van der Waals surface area (Å²) in [6.45, 7) is 8.08. The maximum absolute atomic E-state index is 13.2. The predicted molar refractivity (Wildman–Crippen MR) is 165 cm³/mol. The summed E-state index contributed by atoms with van der Waals surface area (Å²) in [6, 6.07) is 22.0. The van der Waals surface area contributed by atoms with Gasteiger partial charge in [-0.15, -0.1) is 11.8 Å². The molecule has 1 fully saturated rings. The SMILES string of the molecule is CC(C)(C)c1ccc(N2CCN(S(=O)(=O)Nc3ccc(SCCC(=O)Nc4ccccc4)cc3C(=O)O)CC2)cc1. The first-order chi connectivity index (χ1) is 19.4. The maximum Gasteiger partial charge on any atom is 0.337 e. The smallest absolute Gasteiger partial charge is 0.337 e. The van der Waals surface area contributed by atoms with E-state index in [1.807, 2.05) is 18.2 Å². The summed E-state index contributed by atoms with van der Waals surface area (Å²) in [6.07, 6.45) is 0.239. The summed E-state index contributed by atoms with van der Waals surface area (Å²) in [5.41, 5.74) is 2.90. The Hall–Kier alpha value is -3.54. The molecule has 1 heterocycles. The first kappa shape index (κ1) is 30.4. The third kappa shape index (κ3) is 8.25. The van der Waals surface area contributed by atoms with E-state index in [1.165, 1.54) is 33.8 Å². The molecule has 11 heteroatoms. The largest absolute Gasteiger partial charge is 0.478 e. The van der Waals surface area contributed by atoms with Gasteiger partial charge in [0.05, 0.1) is 11.3 Å². The molecule has 0 atom stereocenters. The number of nitrogens with zero attached hydrogens (tertiary/aromatic N) is 2. The second kappa shape index (κ2) is 13.0. The Labute approximate surface area is 246 Å². The Balaban J connectivity index is 1.33. The lowest BCUT2D eigenvalue weighted by molar-refractivity contribution is -0.115. The molecule has 0 unspecified atom stereocenters. The third-order valence-corrected chi connectivity index (χ3v) is 9.31. The number of nitrogens with one attached hydrogen (secondary N) is 2. The molecule has 3 aromatic rings. The van der Waals surface area contributed by atoms with Crippen molar-refractivity contribution in [1.29, 1.82) is 0 Å². The van der Waals surface area contributed by atoms with E-state index in [4.69, 9.17) is 0 Å². The highest BCUT2D eigenvalue weighted by atomic mass is 32.2. The molecule has 1 amide bonds. The minimum atomic E-state index is -3.96. The average Bonchev–Trinajstić information content (AvgIpc) is 2.94. The zero-order valence-corrected chi connectivity index (χ0v) is 25.1. The first-order valence-electron chi connectivity index (χ1n) is 13.4. The van der Waals surface area contributed by atoms with Gasteiger partial charge in [0.1, 0.15) is 0 Å². The summed E-state index contributed by atoms with van der Waals surface area (Å²) in [5.74, 6) is -0.949. The Morgan fingerprint density at radius 1 is 0.927 bits per heavy atom. The molecule has 0 spiro atoms. The van der Waals surface area contributed by atoms with Crippen LogP contribution < -0.4 is 14.9 Å². The molecule has 9 nitrogen and oxygen atoms in total. The van der Waals surface area contributed by atoms with Crippen molar-refractivity contribution in [3.8, 4) is 0 Å². The molecule has 4 rings (SSSR count). The van der Waals surface area contributed by atoms with Gasteiger partial charge in [0.2, 0.25) is 5.91 Å². The quantitative estimate of drug-likeness (QED) is 0.273. The number of piperazine rings is 1. The fraction of sp³-hybridized carbons (Fsp3) is 0.333. The zero-order valence-electron chi connectivity index (χ0n) is 23.5. The number of para-hydroxylation sites is 1. The van der Waals surface area contributed by atoms with Crippen molar-refractivity contribution in [3.63, 3.8) is 0 Å². The fourth-order valence-electron chi connectivity index (χ4n) is 4.45. The number of thioether (sulfide) groups is 1. The molecule has 41 heavy (non-hydrogen) atoms. The summed E-state index contributed by atoms with van der Waals surface area (Å²) >= 11 is 1.33. The van der Waals surface area contributed by atoms with Crippen LogP contribution in [-0.2, 0) is 20.4 Å². The minimum absolute atomic E-state index is 0.00358. The van der Waals surface area contributed by atoms with Gasteiger partial charge in [0.25, 0.3) is 0 Å². The van der Waals surface area contributed by atoms with Gasteiger partial charge in [-0.1, -0.05) is 51.1 Å². The van der Waals surface area contributed by atoms with Crippen molar-refractivity contribution in [3.05, 3.63) is 83.9 Å². The number of carboxylic acid groups (broad SMARTS) is 1. The summed E-state index contributed by atoms with van der Waals surface area (Å²) in [7, 11) is -3.96. The maximum atomic E-state index is 13.2. The number of aromatic carboxylic acids is 1. The summed E-state index contributed by atoms with van der Waals surface area (Å²) in [4.78, 5) is 26.9. The van der Waals surface area contributed by atoms with E-state index in [9.17, 15) is 23.1 Å². The minimum Gasteiger partial charge on any atom is -0.478 e. The molecular formula is C30H36N4O5S2. The summed E-state index contributed by atoms with van der Waals surface area (Å²) < 4.78 is 30.1. The standard InChI is InChI=1S/C30H36N4O5S2/c1-30(2,3)22-9-11-24(12-10-22)33-16-18-34(19-17-33)41(38,39)32-27-14-13-25(21-26(27)29(36)37)40-20-15-28(35)31-23-7-5-4-6-8-23/h4-14,21,32H,15-20H2,1-3H3,(H,31,35)(H,36,37).